The van der Waals surface area contributed by atoms with Crippen LogP contribution < -0.4 is 5.32 Å². The summed E-state index contributed by atoms with van der Waals surface area (Å²) in [6, 6.07) is 0. The van der Waals surface area contributed by atoms with E-state index in [4.69, 9.17) is 0 Å². The van der Waals surface area contributed by atoms with Gasteiger partial charge in [-0.3, -0.25) is 9.89 Å². The number of hydrogen-bond acceptors (Lipinski definition) is 3. The summed E-state index contributed by atoms with van der Waals surface area (Å²) in [5.74, 6) is 1.52. The molecule has 0 saturated heterocycles. The molecule has 5 nitrogen and oxygen atoms in total. The summed E-state index contributed by atoms with van der Waals surface area (Å²) in [4.78, 5) is 16.3. The van der Waals surface area contributed by atoms with Crippen LogP contribution in [0, 0.1) is 5.41 Å². The molecule has 2 aliphatic rings. The van der Waals surface area contributed by atoms with Crippen molar-refractivity contribution in [2.24, 2.45) is 5.41 Å². The Morgan fingerprint density at radius 1 is 1.37 bits per heavy atom. The Morgan fingerprint density at radius 2 is 2.11 bits per heavy atom. The minimum Gasteiger partial charge on any atom is -0.349 e. The van der Waals surface area contributed by atoms with Crippen LogP contribution in [0.25, 0.3) is 0 Å². The van der Waals surface area contributed by atoms with Crippen LogP contribution in [0.4, 0.5) is 0 Å². The number of aromatic amines is 1. The van der Waals surface area contributed by atoms with Crippen molar-refractivity contribution in [1.82, 2.24) is 20.5 Å². The second-order valence-electron chi connectivity index (χ2n) is 6.37. The molecule has 0 radical (unpaired) electrons. The summed E-state index contributed by atoms with van der Waals surface area (Å²) in [6.07, 6.45) is 8.61. The lowest BCUT2D eigenvalue weighted by atomic mass is 9.76. The Morgan fingerprint density at radius 3 is 2.79 bits per heavy atom. The molecule has 0 bridgehead atoms. The van der Waals surface area contributed by atoms with E-state index in [1.807, 2.05) is 0 Å². The molecule has 0 aliphatic heterocycles. The summed E-state index contributed by atoms with van der Waals surface area (Å²) in [5.41, 5.74) is 0.254. The first-order valence-electron chi connectivity index (χ1n) is 7.37. The second-order valence-corrected chi connectivity index (χ2v) is 6.37. The zero-order valence-corrected chi connectivity index (χ0v) is 11.5. The molecule has 2 saturated carbocycles. The third kappa shape index (κ3) is 2.96. The van der Waals surface area contributed by atoms with Gasteiger partial charge in [0.25, 0.3) is 5.91 Å². The van der Waals surface area contributed by atoms with E-state index in [9.17, 15) is 4.79 Å². The van der Waals surface area contributed by atoms with Gasteiger partial charge in [-0.15, -0.1) is 5.10 Å². The zero-order valence-electron chi connectivity index (χ0n) is 11.5. The minimum absolute atomic E-state index is 0.144. The van der Waals surface area contributed by atoms with Crippen LogP contribution in [0.2, 0.25) is 0 Å². The number of H-pyrrole nitrogens is 1. The summed E-state index contributed by atoms with van der Waals surface area (Å²) >= 11 is 0. The van der Waals surface area contributed by atoms with Gasteiger partial charge in [-0.1, -0.05) is 26.2 Å². The Hall–Kier alpha value is -1.39. The highest BCUT2D eigenvalue weighted by molar-refractivity contribution is 5.90. The first kappa shape index (κ1) is 12.6. The van der Waals surface area contributed by atoms with E-state index in [-0.39, 0.29) is 11.3 Å². The zero-order chi connectivity index (χ0) is 13.3. The summed E-state index contributed by atoms with van der Waals surface area (Å²) in [7, 11) is 0. The summed E-state index contributed by atoms with van der Waals surface area (Å²) < 4.78 is 0. The van der Waals surface area contributed by atoms with Crippen LogP contribution in [0.5, 0.6) is 0 Å². The second kappa shape index (κ2) is 4.94. The molecule has 19 heavy (non-hydrogen) atoms. The SMILES string of the molecule is CC1(CNC(=O)c2n[nH]c(C3CC3)n2)CCCCC1. The number of amides is 1. The number of nitrogens with zero attached hydrogens (tertiary/aromatic N) is 2. The molecule has 0 aromatic carbocycles. The molecule has 0 spiro atoms. The van der Waals surface area contributed by atoms with Crippen molar-refractivity contribution in [3.8, 4) is 0 Å². The Balaban J connectivity index is 1.55. The van der Waals surface area contributed by atoms with E-state index in [1.165, 1.54) is 32.1 Å². The highest BCUT2D eigenvalue weighted by Crippen LogP contribution is 2.38. The van der Waals surface area contributed by atoms with Gasteiger partial charge in [0, 0.05) is 12.5 Å². The highest BCUT2D eigenvalue weighted by atomic mass is 16.2. The average molecular weight is 262 g/mol. The van der Waals surface area contributed by atoms with Crippen molar-refractivity contribution in [2.75, 3.05) is 6.54 Å². The average Bonchev–Trinajstić information content (AvgIpc) is 3.15. The van der Waals surface area contributed by atoms with Gasteiger partial charge in [0.2, 0.25) is 5.82 Å². The fourth-order valence-electron chi connectivity index (χ4n) is 2.87. The first-order chi connectivity index (χ1) is 9.16. The lowest BCUT2D eigenvalue weighted by molar-refractivity contribution is 0.0909. The van der Waals surface area contributed by atoms with Gasteiger partial charge < -0.3 is 5.32 Å². The topological polar surface area (TPSA) is 70.7 Å². The number of nitrogens with one attached hydrogen (secondary N) is 2. The largest absolute Gasteiger partial charge is 0.349 e. The highest BCUT2D eigenvalue weighted by Gasteiger charge is 2.30. The van der Waals surface area contributed by atoms with E-state index < -0.39 is 0 Å². The van der Waals surface area contributed by atoms with E-state index in [0.717, 1.165) is 25.2 Å². The number of aromatic nitrogens is 3. The van der Waals surface area contributed by atoms with Gasteiger partial charge in [-0.05, 0) is 31.1 Å². The van der Waals surface area contributed by atoms with Crippen LogP contribution >= 0.6 is 0 Å². The molecule has 1 aromatic rings. The standard InChI is InChI=1S/C14H22N4O/c1-14(7-3-2-4-8-14)9-15-13(19)12-16-11(17-18-12)10-5-6-10/h10H,2-9H2,1H3,(H,15,19)(H,16,17,18). The maximum absolute atomic E-state index is 12.0. The lowest BCUT2D eigenvalue weighted by Crippen LogP contribution is -2.37. The molecule has 2 aliphatic carbocycles. The maximum Gasteiger partial charge on any atom is 0.290 e. The van der Waals surface area contributed by atoms with Crippen molar-refractivity contribution in [3.63, 3.8) is 0 Å². The van der Waals surface area contributed by atoms with Gasteiger partial charge in [0.1, 0.15) is 5.82 Å². The minimum atomic E-state index is -0.144. The molecular formula is C14H22N4O. The van der Waals surface area contributed by atoms with Crippen molar-refractivity contribution in [1.29, 1.82) is 0 Å². The lowest BCUT2D eigenvalue weighted by Gasteiger charge is -2.33. The normalized spacial score (nSPS) is 22.2. The van der Waals surface area contributed by atoms with Crippen LogP contribution in [-0.4, -0.2) is 27.6 Å². The number of carbonyl (C=O) groups excluding carboxylic acids is 1. The quantitative estimate of drug-likeness (QED) is 0.875. The molecule has 2 fully saturated rings. The van der Waals surface area contributed by atoms with Crippen molar-refractivity contribution in [2.45, 2.75) is 57.8 Å². The molecule has 1 heterocycles. The molecule has 5 heteroatoms. The van der Waals surface area contributed by atoms with Crippen LogP contribution in [0.3, 0.4) is 0 Å². The molecule has 104 valence electrons. The third-order valence-corrected chi connectivity index (χ3v) is 4.41. The van der Waals surface area contributed by atoms with Gasteiger partial charge in [-0.25, -0.2) is 4.98 Å². The number of rotatable bonds is 4. The molecule has 3 rings (SSSR count). The molecular weight excluding hydrogens is 240 g/mol. The summed E-state index contributed by atoms with van der Waals surface area (Å²) in [6.45, 7) is 3.00. The molecule has 0 atom stereocenters. The fraction of sp³-hybridized carbons (Fsp3) is 0.786. The molecule has 1 aromatic heterocycles. The van der Waals surface area contributed by atoms with Crippen molar-refractivity contribution >= 4 is 5.91 Å². The van der Waals surface area contributed by atoms with E-state index in [0.29, 0.717) is 11.7 Å². The van der Waals surface area contributed by atoms with Crippen molar-refractivity contribution < 1.29 is 4.79 Å². The van der Waals surface area contributed by atoms with Crippen molar-refractivity contribution in [3.05, 3.63) is 11.6 Å². The molecule has 0 unspecified atom stereocenters. The van der Waals surface area contributed by atoms with Gasteiger partial charge in [0.15, 0.2) is 0 Å². The van der Waals surface area contributed by atoms with Crippen LogP contribution in [-0.2, 0) is 0 Å². The van der Waals surface area contributed by atoms with E-state index in [2.05, 4.69) is 27.4 Å². The van der Waals surface area contributed by atoms with Gasteiger partial charge in [0.05, 0.1) is 0 Å². The fourth-order valence-corrected chi connectivity index (χ4v) is 2.87. The summed E-state index contributed by atoms with van der Waals surface area (Å²) in [5, 5.41) is 9.89. The predicted octanol–water partition coefficient (Wildman–Crippen LogP) is 2.38. The predicted molar refractivity (Wildman–Crippen MR) is 71.9 cm³/mol. The third-order valence-electron chi connectivity index (χ3n) is 4.41. The molecule has 2 N–H and O–H groups in total. The first-order valence-corrected chi connectivity index (χ1v) is 7.37. The van der Waals surface area contributed by atoms with Crippen LogP contribution in [0.1, 0.15) is 74.2 Å². The monoisotopic (exact) mass is 262 g/mol. The Kier molecular flexibility index (Phi) is 3.29. The Labute approximate surface area is 113 Å². The number of hydrogen-bond donors (Lipinski definition) is 2. The van der Waals surface area contributed by atoms with Gasteiger partial charge in [-0.2, -0.15) is 0 Å². The smallest absolute Gasteiger partial charge is 0.290 e. The van der Waals surface area contributed by atoms with E-state index >= 15 is 0 Å². The number of carbonyl (C=O) groups is 1. The maximum atomic E-state index is 12.0. The van der Waals surface area contributed by atoms with Gasteiger partial charge >= 0.3 is 0 Å². The van der Waals surface area contributed by atoms with Crippen LogP contribution in [0.15, 0.2) is 0 Å². The van der Waals surface area contributed by atoms with E-state index in [1.54, 1.807) is 0 Å². The Bertz CT molecular complexity index is 458. The molecule has 1 amide bonds.